The van der Waals surface area contributed by atoms with Gasteiger partial charge in [-0.15, -0.1) is 0 Å². The second-order valence-electron chi connectivity index (χ2n) is 7.45. The molecule has 6 nitrogen and oxygen atoms in total. The average Bonchev–Trinajstić information content (AvgIpc) is 3.13. The highest BCUT2D eigenvalue weighted by Gasteiger charge is 2.15. The minimum atomic E-state index is -0.181. The number of carbonyl (C=O) groups excluding carboxylic acids is 2. The zero-order chi connectivity index (χ0) is 21.8. The Hall–Kier alpha value is -3.93. The minimum absolute atomic E-state index is 0.102. The second kappa shape index (κ2) is 8.83. The van der Waals surface area contributed by atoms with Gasteiger partial charge >= 0.3 is 0 Å². The zero-order valence-corrected chi connectivity index (χ0v) is 17.6. The molecule has 0 aliphatic rings. The van der Waals surface area contributed by atoms with Crippen LogP contribution in [0.2, 0.25) is 0 Å². The number of benzene rings is 3. The lowest BCUT2D eigenvalue weighted by Gasteiger charge is -2.13. The lowest BCUT2D eigenvalue weighted by atomic mass is 10.1. The van der Waals surface area contributed by atoms with Crippen LogP contribution >= 0.6 is 0 Å². The fraction of sp³-hybridized carbons (Fsp3) is 0.160. The molecule has 0 saturated heterocycles. The maximum absolute atomic E-state index is 12.9. The van der Waals surface area contributed by atoms with E-state index in [1.165, 1.54) is 0 Å². The first-order valence-corrected chi connectivity index (χ1v) is 10.2. The number of amides is 2. The smallest absolute Gasteiger partial charge is 0.251 e. The average molecular weight is 412 g/mol. The summed E-state index contributed by atoms with van der Waals surface area (Å²) in [5.41, 5.74) is 5.18. The third kappa shape index (κ3) is 4.48. The van der Waals surface area contributed by atoms with Crippen molar-refractivity contribution in [2.24, 2.45) is 0 Å². The fourth-order valence-electron chi connectivity index (χ4n) is 3.51. The third-order valence-electron chi connectivity index (χ3n) is 5.36. The second-order valence-corrected chi connectivity index (χ2v) is 7.45. The summed E-state index contributed by atoms with van der Waals surface area (Å²) in [6.45, 7) is 4.33. The van der Waals surface area contributed by atoms with Gasteiger partial charge in [0.25, 0.3) is 5.91 Å². The number of nitrogens with one attached hydrogen (secondary N) is 2. The molecule has 0 unspecified atom stereocenters. The number of aromatic nitrogens is 2. The van der Waals surface area contributed by atoms with Crippen LogP contribution < -0.4 is 10.6 Å². The highest BCUT2D eigenvalue weighted by molar-refractivity contribution is 5.94. The van der Waals surface area contributed by atoms with Crippen molar-refractivity contribution in [1.29, 1.82) is 0 Å². The van der Waals surface area contributed by atoms with E-state index in [0.717, 1.165) is 27.8 Å². The monoisotopic (exact) mass is 412 g/mol. The van der Waals surface area contributed by atoms with E-state index in [0.29, 0.717) is 11.4 Å². The molecule has 1 heterocycles. The highest BCUT2D eigenvalue weighted by atomic mass is 16.2. The Morgan fingerprint density at radius 1 is 0.903 bits per heavy atom. The van der Waals surface area contributed by atoms with E-state index < -0.39 is 0 Å². The number of fused-ring (bicyclic) bond motifs is 1. The molecule has 156 valence electrons. The number of rotatable bonds is 6. The molecule has 2 amide bonds. The Morgan fingerprint density at radius 3 is 2.45 bits per heavy atom. The molecule has 0 atom stereocenters. The van der Waals surface area contributed by atoms with Crippen LogP contribution in [0.25, 0.3) is 11.0 Å². The van der Waals surface area contributed by atoms with Gasteiger partial charge in [-0.1, -0.05) is 42.5 Å². The van der Waals surface area contributed by atoms with Gasteiger partial charge in [-0.2, -0.15) is 0 Å². The van der Waals surface area contributed by atoms with Crippen molar-refractivity contribution in [3.63, 3.8) is 0 Å². The van der Waals surface area contributed by atoms with Crippen LogP contribution in [0.4, 0.5) is 5.69 Å². The van der Waals surface area contributed by atoms with Gasteiger partial charge in [0.15, 0.2) is 0 Å². The quantitative estimate of drug-likeness (QED) is 0.498. The van der Waals surface area contributed by atoms with Gasteiger partial charge in [0.1, 0.15) is 12.4 Å². The fourth-order valence-corrected chi connectivity index (χ4v) is 3.51. The van der Waals surface area contributed by atoms with Gasteiger partial charge in [-0.05, 0) is 55.3 Å². The van der Waals surface area contributed by atoms with E-state index in [1.54, 1.807) is 12.1 Å². The van der Waals surface area contributed by atoms with Gasteiger partial charge in [0, 0.05) is 11.3 Å². The van der Waals surface area contributed by atoms with Gasteiger partial charge in [-0.25, -0.2) is 4.98 Å². The standard InChI is InChI=1S/C25H24N4O2/c1-17-9-8-13-20(18(17)2)28-24(30)16-29-22-14-7-6-12-21(22)27-23(29)15-26-25(31)19-10-4-3-5-11-19/h3-14H,15-16H2,1-2H3,(H,26,31)(H,28,30). The Labute approximate surface area is 180 Å². The van der Waals surface area contributed by atoms with E-state index in [9.17, 15) is 9.59 Å². The van der Waals surface area contributed by atoms with Crippen molar-refractivity contribution < 1.29 is 9.59 Å². The SMILES string of the molecule is Cc1cccc(NC(=O)Cn2c(CNC(=O)c3ccccc3)nc3ccccc32)c1C. The number of para-hydroxylation sites is 2. The predicted molar refractivity (Wildman–Crippen MR) is 122 cm³/mol. The molecule has 4 aromatic rings. The first-order chi connectivity index (χ1) is 15.0. The number of aryl methyl sites for hydroxylation is 1. The number of hydrogen-bond acceptors (Lipinski definition) is 3. The largest absolute Gasteiger partial charge is 0.345 e. The lowest BCUT2D eigenvalue weighted by molar-refractivity contribution is -0.116. The Bertz CT molecular complexity index is 1250. The molecular formula is C25H24N4O2. The van der Waals surface area contributed by atoms with Crippen LogP contribution in [0.1, 0.15) is 27.3 Å². The van der Waals surface area contributed by atoms with Crippen LogP contribution in [-0.2, 0) is 17.9 Å². The van der Waals surface area contributed by atoms with E-state index in [-0.39, 0.29) is 24.9 Å². The molecule has 0 bridgehead atoms. The van der Waals surface area contributed by atoms with Crippen LogP contribution in [-0.4, -0.2) is 21.4 Å². The Morgan fingerprint density at radius 2 is 1.65 bits per heavy atom. The molecule has 0 saturated carbocycles. The maximum Gasteiger partial charge on any atom is 0.251 e. The van der Waals surface area contributed by atoms with Crippen LogP contribution in [0.5, 0.6) is 0 Å². The van der Waals surface area contributed by atoms with Gasteiger partial charge < -0.3 is 15.2 Å². The predicted octanol–water partition coefficient (Wildman–Crippen LogP) is 4.22. The van der Waals surface area contributed by atoms with Crippen molar-refractivity contribution in [1.82, 2.24) is 14.9 Å². The van der Waals surface area contributed by atoms with Crippen molar-refractivity contribution >= 4 is 28.5 Å². The first kappa shape index (κ1) is 20.3. The van der Waals surface area contributed by atoms with E-state index in [4.69, 9.17) is 0 Å². The minimum Gasteiger partial charge on any atom is -0.345 e. The molecule has 2 N–H and O–H groups in total. The molecule has 3 aromatic carbocycles. The Balaban J connectivity index is 1.55. The number of imidazole rings is 1. The van der Waals surface area contributed by atoms with E-state index in [2.05, 4.69) is 15.6 Å². The first-order valence-electron chi connectivity index (χ1n) is 10.2. The van der Waals surface area contributed by atoms with Crippen LogP contribution in [0.3, 0.4) is 0 Å². The topological polar surface area (TPSA) is 76.0 Å². The summed E-state index contributed by atoms with van der Waals surface area (Å²) in [6.07, 6.45) is 0. The molecular weight excluding hydrogens is 388 g/mol. The molecule has 0 spiro atoms. The zero-order valence-electron chi connectivity index (χ0n) is 17.6. The molecule has 6 heteroatoms. The number of hydrogen-bond donors (Lipinski definition) is 2. The summed E-state index contributed by atoms with van der Waals surface area (Å²) in [5.74, 6) is 0.299. The maximum atomic E-state index is 12.9. The van der Waals surface area contributed by atoms with E-state index in [1.807, 2.05) is 79.1 Å². The molecule has 31 heavy (non-hydrogen) atoms. The van der Waals surface area contributed by atoms with Crippen LogP contribution in [0.15, 0.2) is 72.8 Å². The van der Waals surface area contributed by atoms with Crippen molar-refractivity contribution in [3.8, 4) is 0 Å². The lowest BCUT2D eigenvalue weighted by Crippen LogP contribution is -2.26. The molecule has 0 aliphatic carbocycles. The molecule has 0 fully saturated rings. The number of nitrogens with zero attached hydrogens (tertiary/aromatic N) is 2. The van der Waals surface area contributed by atoms with Gasteiger partial charge in [0.05, 0.1) is 17.6 Å². The summed E-state index contributed by atoms with van der Waals surface area (Å²) in [7, 11) is 0. The van der Waals surface area contributed by atoms with Crippen molar-refractivity contribution in [2.75, 3.05) is 5.32 Å². The highest BCUT2D eigenvalue weighted by Crippen LogP contribution is 2.20. The number of anilines is 1. The summed E-state index contributed by atoms with van der Waals surface area (Å²) in [4.78, 5) is 29.9. The van der Waals surface area contributed by atoms with Gasteiger partial charge in [-0.3, -0.25) is 9.59 Å². The summed E-state index contributed by atoms with van der Waals surface area (Å²) in [6, 6.07) is 22.5. The third-order valence-corrected chi connectivity index (χ3v) is 5.36. The summed E-state index contributed by atoms with van der Waals surface area (Å²) in [5, 5.41) is 5.90. The molecule has 4 rings (SSSR count). The molecule has 0 aliphatic heterocycles. The molecule has 1 aromatic heterocycles. The van der Waals surface area contributed by atoms with Gasteiger partial charge in [0.2, 0.25) is 5.91 Å². The van der Waals surface area contributed by atoms with E-state index >= 15 is 0 Å². The normalized spacial score (nSPS) is 10.8. The van der Waals surface area contributed by atoms with Crippen molar-refractivity contribution in [3.05, 3.63) is 95.3 Å². The molecule has 0 radical (unpaired) electrons. The van der Waals surface area contributed by atoms with Crippen molar-refractivity contribution in [2.45, 2.75) is 26.9 Å². The summed E-state index contributed by atoms with van der Waals surface area (Å²) < 4.78 is 1.85. The van der Waals surface area contributed by atoms with Crippen LogP contribution in [0, 0.1) is 13.8 Å². The number of carbonyl (C=O) groups is 2. The Kier molecular flexibility index (Phi) is 5.80. The summed E-state index contributed by atoms with van der Waals surface area (Å²) >= 11 is 0.